The van der Waals surface area contributed by atoms with E-state index in [1.165, 1.54) is 12.3 Å². The van der Waals surface area contributed by atoms with Crippen LogP contribution in [-0.4, -0.2) is 21.0 Å². The molecule has 0 aliphatic carbocycles. The Morgan fingerprint density at radius 1 is 1.30 bits per heavy atom. The number of fused-ring (bicyclic) bond motifs is 1. The highest BCUT2D eigenvalue weighted by Crippen LogP contribution is 2.25. The first-order valence-electron chi connectivity index (χ1n) is 5.68. The number of carbonyl (C=O) groups is 1. The van der Waals surface area contributed by atoms with Crippen molar-refractivity contribution in [1.29, 1.82) is 5.26 Å². The van der Waals surface area contributed by atoms with Crippen LogP contribution in [0.4, 0.5) is 0 Å². The lowest BCUT2D eigenvalue weighted by Crippen LogP contribution is -1.96. The van der Waals surface area contributed by atoms with E-state index in [1.54, 1.807) is 24.3 Å². The highest BCUT2D eigenvalue weighted by Gasteiger charge is 2.15. The molecule has 2 heterocycles. The lowest BCUT2D eigenvalue weighted by molar-refractivity contribution is 0.0699. The number of pyridine rings is 1. The second-order valence-corrected chi connectivity index (χ2v) is 4.02. The minimum Gasteiger partial charge on any atom is -0.478 e. The van der Waals surface area contributed by atoms with E-state index in [4.69, 9.17) is 14.8 Å². The van der Waals surface area contributed by atoms with Gasteiger partial charge in [-0.25, -0.2) is 14.8 Å². The number of carboxylic acid groups (broad SMARTS) is 1. The highest BCUT2D eigenvalue weighted by atomic mass is 16.4. The Bertz CT molecular complexity index is 844. The molecule has 96 valence electrons. The van der Waals surface area contributed by atoms with Crippen LogP contribution in [0.5, 0.6) is 0 Å². The first-order chi connectivity index (χ1) is 9.69. The van der Waals surface area contributed by atoms with Crippen LogP contribution < -0.4 is 0 Å². The number of carboxylic acids is 1. The molecule has 3 aromatic rings. The Labute approximate surface area is 112 Å². The standard InChI is InChI=1S/C14H7N3O3/c15-6-8-4-5-10(16-7-8)13-17-12-9(14(18)19)2-1-3-11(12)20-13/h1-5,7H,(H,18,19). The molecule has 0 unspecified atom stereocenters. The zero-order valence-electron chi connectivity index (χ0n) is 10.1. The summed E-state index contributed by atoms with van der Waals surface area (Å²) in [6, 6.07) is 9.85. The monoisotopic (exact) mass is 265 g/mol. The summed E-state index contributed by atoms with van der Waals surface area (Å²) in [7, 11) is 0. The van der Waals surface area contributed by atoms with Crippen LogP contribution in [-0.2, 0) is 0 Å². The lowest BCUT2D eigenvalue weighted by atomic mass is 10.2. The number of benzene rings is 1. The summed E-state index contributed by atoms with van der Waals surface area (Å²) in [6.45, 7) is 0. The summed E-state index contributed by atoms with van der Waals surface area (Å²) in [4.78, 5) is 19.3. The molecule has 1 N–H and O–H groups in total. The predicted molar refractivity (Wildman–Crippen MR) is 68.9 cm³/mol. The van der Waals surface area contributed by atoms with E-state index in [2.05, 4.69) is 9.97 Å². The second kappa shape index (κ2) is 4.48. The van der Waals surface area contributed by atoms with Gasteiger partial charge in [0.05, 0.1) is 11.1 Å². The van der Waals surface area contributed by atoms with Crippen LogP contribution in [0.2, 0.25) is 0 Å². The number of rotatable bonds is 2. The molecule has 0 bridgehead atoms. The first kappa shape index (κ1) is 11.9. The quantitative estimate of drug-likeness (QED) is 0.763. The lowest BCUT2D eigenvalue weighted by Gasteiger charge is -1.93. The maximum absolute atomic E-state index is 11.1. The fourth-order valence-corrected chi connectivity index (χ4v) is 1.82. The van der Waals surface area contributed by atoms with Crippen molar-refractivity contribution in [3.05, 3.63) is 47.7 Å². The summed E-state index contributed by atoms with van der Waals surface area (Å²) in [5, 5.41) is 17.8. The molecular formula is C14H7N3O3. The van der Waals surface area contributed by atoms with E-state index < -0.39 is 5.97 Å². The Hall–Kier alpha value is -3.20. The number of aromatic carboxylic acids is 1. The predicted octanol–water partition coefficient (Wildman–Crippen LogP) is 2.46. The van der Waals surface area contributed by atoms with Crippen molar-refractivity contribution >= 4 is 17.1 Å². The molecule has 0 spiro atoms. The van der Waals surface area contributed by atoms with Crippen molar-refractivity contribution in [1.82, 2.24) is 9.97 Å². The molecule has 0 fully saturated rings. The van der Waals surface area contributed by atoms with Crippen molar-refractivity contribution in [3.63, 3.8) is 0 Å². The maximum atomic E-state index is 11.1. The summed E-state index contributed by atoms with van der Waals surface area (Å²) in [5.74, 6) is -0.846. The Morgan fingerprint density at radius 2 is 2.15 bits per heavy atom. The Kier molecular flexibility index (Phi) is 2.66. The molecule has 20 heavy (non-hydrogen) atoms. The van der Waals surface area contributed by atoms with Crippen LogP contribution in [0.1, 0.15) is 15.9 Å². The van der Waals surface area contributed by atoms with Gasteiger partial charge in [-0.3, -0.25) is 0 Å². The third kappa shape index (κ3) is 1.87. The number of oxazole rings is 1. The van der Waals surface area contributed by atoms with Gasteiger partial charge in [0.2, 0.25) is 5.89 Å². The van der Waals surface area contributed by atoms with Crippen LogP contribution in [0.15, 0.2) is 40.9 Å². The number of hydrogen-bond donors (Lipinski definition) is 1. The van der Waals surface area contributed by atoms with Gasteiger partial charge in [0.25, 0.3) is 0 Å². The van der Waals surface area contributed by atoms with E-state index in [0.717, 1.165) is 0 Å². The molecule has 6 heteroatoms. The van der Waals surface area contributed by atoms with Gasteiger partial charge >= 0.3 is 5.97 Å². The minimum absolute atomic E-state index is 0.0751. The summed E-state index contributed by atoms with van der Waals surface area (Å²) < 4.78 is 5.50. The molecule has 0 atom stereocenters. The molecule has 0 aliphatic heterocycles. The number of nitrogens with zero attached hydrogens (tertiary/aromatic N) is 3. The van der Waals surface area contributed by atoms with Gasteiger partial charge in [0.15, 0.2) is 5.58 Å². The number of hydrogen-bond acceptors (Lipinski definition) is 5. The molecule has 0 amide bonds. The highest BCUT2D eigenvalue weighted by molar-refractivity contribution is 6.00. The van der Waals surface area contributed by atoms with Gasteiger partial charge in [-0.05, 0) is 24.3 Å². The summed E-state index contributed by atoms with van der Waals surface area (Å²) in [5.41, 5.74) is 1.60. The number of nitriles is 1. The van der Waals surface area contributed by atoms with Crippen molar-refractivity contribution < 1.29 is 14.3 Å². The van der Waals surface area contributed by atoms with Crippen molar-refractivity contribution in [2.45, 2.75) is 0 Å². The fourth-order valence-electron chi connectivity index (χ4n) is 1.82. The van der Waals surface area contributed by atoms with E-state index in [-0.39, 0.29) is 17.0 Å². The molecule has 1 aromatic carbocycles. The van der Waals surface area contributed by atoms with E-state index >= 15 is 0 Å². The Morgan fingerprint density at radius 3 is 2.80 bits per heavy atom. The average Bonchev–Trinajstić information content (AvgIpc) is 2.90. The molecule has 0 radical (unpaired) electrons. The third-order valence-corrected chi connectivity index (χ3v) is 2.76. The normalized spacial score (nSPS) is 10.3. The molecule has 0 aliphatic rings. The Balaban J connectivity index is 2.15. The van der Waals surface area contributed by atoms with Crippen LogP contribution in [0.25, 0.3) is 22.7 Å². The van der Waals surface area contributed by atoms with E-state index in [0.29, 0.717) is 16.8 Å². The molecule has 2 aromatic heterocycles. The molecule has 6 nitrogen and oxygen atoms in total. The maximum Gasteiger partial charge on any atom is 0.338 e. The second-order valence-electron chi connectivity index (χ2n) is 4.02. The van der Waals surface area contributed by atoms with Gasteiger partial charge in [0.1, 0.15) is 17.3 Å². The number of aromatic nitrogens is 2. The van der Waals surface area contributed by atoms with Crippen molar-refractivity contribution in [3.8, 4) is 17.7 Å². The zero-order chi connectivity index (χ0) is 14.1. The van der Waals surface area contributed by atoms with Crippen LogP contribution in [0.3, 0.4) is 0 Å². The molecule has 0 saturated heterocycles. The first-order valence-corrected chi connectivity index (χ1v) is 5.68. The van der Waals surface area contributed by atoms with Gasteiger partial charge in [-0.1, -0.05) is 6.07 Å². The van der Waals surface area contributed by atoms with Crippen molar-refractivity contribution in [2.75, 3.05) is 0 Å². The van der Waals surface area contributed by atoms with E-state index in [1.807, 2.05) is 6.07 Å². The summed E-state index contributed by atoms with van der Waals surface area (Å²) in [6.07, 6.45) is 1.41. The van der Waals surface area contributed by atoms with E-state index in [9.17, 15) is 4.79 Å². The minimum atomic E-state index is -1.07. The molecular weight excluding hydrogens is 258 g/mol. The largest absolute Gasteiger partial charge is 0.478 e. The number of para-hydroxylation sites is 1. The molecule has 0 saturated carbocycles. The molecule has 3 rings (SSSR count). The fraction of sp³-hybridized carbons (Fsp3) is 0. The van der Waals surface area contributed by atoms with Gasteiger partial charge in [-0.15, -0.1) is 0 Å². The average molecular weight is 265 g/mol. The van der Waals surface area contributed by atoms with Gasteiger partial charge in [0, 0.05) is 6.20 Å². The zero-order valence-corrected chi connectivity index (χ0v) is 10.1. The summed E-state index contributed by atoms with van der Waals surface area (Å²) >= 11 is 0. The topological polar surface area (TPSA) is 100 Å². The van der Waals surface area contributed by atoms with Crippen LogP contribution in [0, 0.1) is 11.3 Å². The van der Waals surface area contributed by atoms with Crippen molar-refractivity contribution in [2.24, 2.45) is 0 Å². The van der Waals surface area contributed by atoms with Gasteiger partial charge in [-0.2, -0.15) is 5.26 Å². The van der Waals surface area contributed by atoms with Gasteiger partial charge < -0.3 is 9.52 Å². The van der Waals surface area contributed by atoms with Crippen LogP contribution >= 0.6 is 0 Å². The smallest absolute Gasteiger partial charge is 0.338 e. The third-order valence-electron chi connectivity index (χ3n) is 2.76. The SMILES string of the molecule is N#Cc1ccc(-c2nc3c(C(=O)O)cccc3o2)nc1.